The Hall–Kier alpha value is -2.83. The van der Waals surface area contributed by atoms with E-state index in [1.807, 2.05) is 24.3 Å². The number of nitrogens with one attached hydrogen (secondary N) is 1. The van der Waals surface area contributed by atoms with Crippen molar-refractivity contribution in [2.45, 2.75) is 70.8 Å². The van der Waals surface area contributed by atoms with Crippen molar-refractivity contribution in [2.75, 3.05) is 26.8 Å². The van der Waals surface area contributed by atoms with Gasteiger partial charge in [-0.3, -0.25) is 14.4 Å². The maximum atomic E-state index is 12.8. The number of unbranched alkanes of at least 4 members (excludes halogenated alkanes) is 7. The third-order valence-corrected chi connectivity index (χ3v) is 5.78. The highest BCUT2D eigenvalue weighted by molar-refractivity contribution is 5.97. The Bertz CT molecular complexity index is 793. The number of hydrogen-bond donors (Lipinski definition) is 1. The number of carbonyl (C=O) groups is 3. The Morgan fingerprint density at radius 2 is 1.79 bits per heavy atom. The summed E-state index contributed by atoms with van der Waals surface area (Å²) in [5.41, 5.74) is 0.760. The zero-order valence-corrected chi connectivity index (χ0v) is 20.0. The van der Waals surface area contributed by atoms with Crippen LogP contribution in [0.2, 0.25) is 0 Å². The summed E-state index contributed by atoms with van der Waals surface area (Å²) in [6.45, 7) is 3.26. The van der Waals surface area contributed by atoms with Gasteiger partial charge in [-0.15, -0.1) is 0 Å². The second kappa shape index (κ2) is 15.1. The molecule has 0 saturated carbocycles. The molecule has 182 valence electrons. The standard InChI is InChI=1S/C26H38N2O5/c1-3-4-5-6-7-8-9-12-19-33-25(30)20-22-26(31)27-17-18-28(22)24(29)16-15-21-13-10-11-14-23(21)32-2/h10-11,13-16,22H,3-9,12,17-20H2,1-2H3,(H,27,31)/b16-15+. The van der Waals surface area contributed by atoms with E-state index in [1.54, 1.807) is 13.2 Å². The Morgan fingerprint density at radius 3 is 2.52 bits per heavy atom. The third kappa shape index (κ3) is 9.28. The maximum absolute atomic E-state index is 12.8. The van der Waals surface area contributed by atoms with Crippen LogP contribution in [0.5, 0.6) is 5.75 Å². The highest BCUT2D eigenvalue weighted by Gasteiger charge is 2.34. The fourth-order valence-electron chi connectivity index (χ4n) is 3.88. The van der Waals surface area contributed by atoms with E-state index >= 15 is 0 Å². The Kier molecular flexibility index (Phi) is 12.1. The average Bonchev–Trinajstić information content (AvgIpc) is 2.83. The van der Waals surface area contributed by atoms with E-state index in [0.29, 0.717) is 25.4 Å². The number of benzene rings is 1. The first-order chi connectivity index (χ1) is 16.1. The molecule has 0 bridgehead atoms. The van der Waals surface area contributed by atoms with E-state index in [0.717, 1.165) is 24.8 Å². The number of hydrogen-bond acceptors (Lipinski definition) is 5. The van der Waals surface area contributed by atoms with Gasteiger partial charge in [0.05, 0.1) is 20.1 Å². The Morgan fingerprint density at radius 1 is 1.09 bits per heavy atom. The van der Waals surface area contributed by atoms with Crippen LogP contribution in [0.1, 0.15) is 70.3 Å². The van der Waals surface area contributed by atoms with Crippen LogP contribution in [0.4, 0.5) is 0 Å². The number of carbonyl (C=O) groups excluding carboxylic acids is 3. The van der Waals surface area contributed by atoms with Gasteiger partial charge in [-0.25, -0.2) is 0 Å². The lowest BCUT2D eigenvalue weighted by atomic mass is 10.1. The van der Waals surface area contributed by atoms with E-state index in [9.17, 15) is 14.4 Å². The number of methoxy groups -OCH3 is 1. The first kappa shape index (κ1) is 26.4. The van der Waals surface area contributed by atoms with Crippen molar-refractivity contribution >= 4 is 23.9 Å². The number of para-hydroxylation sites is 1. The number of amides is 2. The van der Waals surface area contributed by atoms with Gasteiger partial charge in [0, 0.05) is 24.7 Å². The number of rotatable bonds is 14. The largest absolute Gasteiger partial charge is 0.496 e. The van der Waals surface area contributed by atoms with Crippen molar-refractivity contribution in [2.24, 2.45) is 0 Å². The van der Waals surface area contributed by atoms with Crippen molar-refractivity contribution in [3.8, 4) is 5.75 Å². The summed E-state index contributed by atoms with van der Waals surface area (Å²) in [6, 6.07) is 6.49. The lowest BCUT2D eigenvalue weighted by Gasteiger charge is -2.33. The molecule has 1 fully saturated rings. The van der Waals surface area contributed by atoms with Crippen molar-refractivity contribution < 1.29 is 23.9 Å². The van der Waals surface area contributed by atoms with Crippen LogP contribution in [0.15, 0.2) is 30.3 Å². The van der Waals surface area contributed by atoms with Crippen LogP contribution in [-0.2, 0) is 19.1 Å². The first-order valence-electron chi connectivity index (χ1n) is 12.1. The predicted octanol–water partition coefficient (Wildman–Crippen LogP) is 4.11. The fraction of sp³-hybridized carbons (Fsp3) is 0.577. The molecule has 1 saturated heterocycles. The number of esters is 1. The summed E-state index contributed by atoms with van der Waals surface area (Å²) in [6.07, 6.45) is 12.2. The summed E-state index contributed by atoms with van der Waals surface area (Å²) < 4.78 is 10.6. The molecule has 1 atom stereocenters. The second-order valence-electron chi connectivity index (χ2n) is 8.31. The van der Waals surface area contributed by atoms with Crippen LogP contribution in [0.25, 0.3) is 6.08 Å². The molecule has 7 heteroatoms. The van der Waals surface area contributed by atoms with Crippen molar-refractivity contribution in [1.29, 1.82) is 0 Å². The first-order valence-corrected chi connectivity index (χ1v) is 12.1. The van der Waals surface area contributed by atoms with Gasteiger partial charge in [0.25, 0.3) is 0 Å². The van der Waals surface area contributed by atoms with Crippen LogP contribution in [0, 0.1) is 0 Å². The van der Waals surface area contributed by atoms with E-state index < -0.39 is 12.0 Å². The van der Waals surface area contributed by atoms with Crippen molar-refractivity contribution in [1.82, 2.24) is 10.2 Å². The highest BCUT2D eigenvalue weighted by atomic mass is 16.5. The van der Waals surface area contributed by atoms with Crippen LogP contribution in [-0.4, -0.2) is 55.5 Å². The van der Waals surface area contributed by atoms with Crippen LogP contribution in [0.3, 0.4) is 0 Å². The molecule has 0 radical (unpaired) electrons. The Balaban J connectivity index is 1.80. The highest BCUT2D eigenvalue weighted by Crippen LogP contribution is 2.19. The molecule has 0 aliphatic carbocycles. The molecule has 1 aromatic carbocycles. The molecule has 2 amide bonds. The van der Waals surface area contributed by atoms with Gasteiger partial charge >= 0.3 is 5.97 Å². The molecule has 2 rings (SSSR count). The lowest BCUT2D eigenvalue weighted by Crippen LogP contribution is -2.57. The lowest BCUT2D eigenvalue weighted by molar-refractivity contribution is -0.150. The molecule has 1 aliphatic rings. The predicted molar refractivity (Wildman–Crippen MR) is 129 cm³/mol. The van der Waals surface area contributed by atoms with Crippen LogP contribution >= 0.6 is 0 Å². The molecule has 7 nitrogen and oxygen atoms in total. The normalized spacial score (nSPS) is 16.0. The summed E-state index contributed by atoms with van der Waals surface area (Å²) in [4.78, 5) is 38.9. The molecule has 33 heavy (non-hydrogen) atoms. The smallest absolute Gasteiger partial charge is 0.308 e. The Labute approximate surface area is 197 Å². The molecule has 0 spiro atoms. The zero-order valence-electron chi connectivity index (χ0n) is 20.0. The van der Waals surface area contributed by atoms with Crippen molar-refractivity contribution in [3.63, 3.8) is 0 Å². The topological polar surface area (TPSA) is 84.9 Å². The van der Waals surface area contributed by atoms with Gasteiger partial charge in [0.15, 0.2) is 0 Å². The molecule has 1 heterocycles. The second-order valence-corrected chi connectivity index (χ2v) is 8.31. The monoisotopic (exact) mass is 458 g/mol. The molecule has 0 aromatic heterocycles. The van der Waals surface area contributed by atoms with E-state index in [4.69, 9.17) is 9.47 Å². The summed E-state index contributed by atoms with van der Waals surface area (Å²) in [5.74, 6) is -0.452. The minimum atomic E-state index is -0.861. The molecular formula is C26H38N2O5. The summed E-state index contributed by atoms with van der Waals surface area (Å²) in [5, 5.41) is 2.73. The number of nitrogens with zero attached hydrogens (tertiary/aromatic N) is 1. The van der Waals surface area contributed by atoms with E-state index in [1.165, 1.54) is 43.1 Å². The number of ether oxygens (including phenoxy) is 2. The van der Waals surface area contributed by atoms with Gasteiger partial charge in [-0.1, -0.05) is 70.1 Å². The van der Waals surface area contributed by atoms with Crippen LogP contribution < -0.4 is 10.1 Å². The minimum absolute atomic E-state index is 0.142. The van der Waals surface area contributed by atoms with Crippen molar-refractivity contribution in [3.05, 3.63) is 35.9 Å². The molecule has 1 unspecified atom stereocenters. The fourth-order valence-corrected chi connectivity index (χ4v) is 3.88. The van der Waals surface area contributed by atoms with E-state index in [2.05, 4.69) is 12.2 Å². The molecular weight excluding hydrogens is 420 g/mol. The average molecular weight is 459 g/mol. The van der Waals surface area contributed by atoms with E-state index in [-0.39, 0.29) is 18.2 Å². The number of piperazine rings is 1. The molecule has 1 aliphatic heterocycles. The van der Waals surface area contributed by atoms with Gasteiger partial charge < -0.3 is 19.7 Å². The summed E-state index contributed by atoms with van der Waals surface area (Å²) in [7, 11) is 1.57. The zero-order chi connectivity index (χ0) is 23.9. The van der Waals surface area contributed by atoms with Gasteiger partial charge in [0.1, 0.15) is 11.8 Å². The molecule has 1 N–H and O–H groups in total. The SMILES string of the molecule is CCCCCCCCCCOC(=O)CC1C(=O)NCCN1C(=O)/C=C/c1ccccc1OC. The maximum Gasteiger partial charge on any atom is 0.308 e. The molecule has 1 aromatic rings. The van der Waals surface area contributed by atoms with Gasteiger partial charge in [-0.05, 0) is 18.6 Å². The third-order valence-electron chi connectivity index (χ3n) is 5.78. The van der Waals surface area contributed by atoms with Gasteiger partial charge in [-0.2, -0.15) is 0 Å². The summed E-state index contributed by atoms with van der Waals surface area (Å²) >= 11 is 0. The van der Waals surface area contributed by atoms with Gasteiger partial charge in [0.2, 0.25) is 11.8 Å². The quantitative estimate of drug-likeness (QED) is 0.258. The minimum Gasteiger partial charge on any atom is -0.496 e.